The smallest absolute Gasteiger partial charge is 0.226 e. The molecule has 1 aromatic rings. The Bertz CT molecular complexity index is 493. The summed E-state index contributed by atoms with van der Waals surface area (Å²) in [7, 11) is 0. The number of hydrogen-bond acceptors (Lipinski definition) is 3. The van der Waals surface area contributed by atoms with Crippen LogP contribution in [-0.4, -0.2) is 16.0 Å². The number of carbonyl (C=O) groups excluding carboxylic acids is 1. The Balaban J connectivity index is 1.91. The van der Waals surface area contributed by atoms with Crippen molar-refractivity contribution in [3.8, 4) is 0 Å². The highest BCUT2D eigenvalue weighted by Crippen LogP contribution is 2.11. The molecule has 0 aliphatic heterocycles. The summed E-state index contributed by atoms with van der Waals surface area (Å²) in [5.74, 6) is 0.00427. The van der Waals surface area contributed by atoms with Gasteiger partial charge in [0.15, 0.2) is 5.11 Å². The molecule has 146 valence electrons. The molecule has 1 amide bonds. The highest BCUT2D eigenvalue weighted by atomic mass is 32.1. The maximum atomic E-state index is 11.9. The van der Waals surface area contributed by atoms with E-state index in [4.69, 9.17) is 12.2 Å². The minimum absolute atomic E-state index is 0.00427. The molecule has 0 aliphatic rings. The van der Waals surface area contributed by atoms with E-state index in [1.165, 1.54) is 57.8 Å². The second kappa shape index (κ2) is 15.7. The van der Waals surface area contributed by atoms with Gasteiger partial charge >= 0.3 is 0 Å². The average molecular weight is 378 g/mol. The van der Waals surface area contributed by atoms with Gasteiger partial charge in [0.1, 0.15) is 0 Å². The second-order valence-electron chi connectivity index (χ2n) is 6.88. The Kier molecular flexibility index (Phi) is 13.7. The van der Waals surface area contributed by atoms with Crippen LogP contribution in [0, 0.1) is 0 Å². The second-order valence-corrected chi connectivity index (χ2v) is 7.29. The summed E-state index contributed by atoms with van der Waals surface area (Å²) in [6.07, 6.45) is 18.2. The predicted molar refractivity (Wildman–Crippen MR) is 113 cm³/mol. The van der Waals surface area contributed by atoms with Crippen LogP contribution in [0.1, 0.15) is 89.5 Å². The van der Waals surface area contributed by atoms with Crippen molar-refractivity contribution in [2.75, 3.05) is 0 Å². The first-order chi connectivity index (χ1) is 12.7. The summed E-state index contributed by atoms with van der Waals surface area (Å²) in [6, 6.07) is 3.85. The van der Waals surface area contributed by atoms with E-state index in [1.807, 2.05) is 12.1 Å². The van der Waals surface area contributed by atoms with Crippen LogP contribution in [0.3, 0.4) is 0 Å². The number of unbranched alkanes of at least 4 members (excludes halogenated alkanes) is 10. The zero-order valence-electron chi connectivity index (χ0n) is 16.3. The molecule has 0 aliphatic carbocycles. The highest BCUT2D eigenvalue weighted by Gasteiger charge is 2.04. The third-order valence-electron chi connectivity index (χ3n) is 4.44. The molecule has 0 unspecified atom stereocenters. The largest absolute Gasteiger partial charge is 0.358 e. The van der Waals surface area contributed by atoms with E-state index in [2.05, 4.69) is 22.5 Å². The topological polar surface area (TPSA) is 54.0 Å². The molecule has 26 heavy (non-hydrogen) atoms. The number of pyridine rings is 1. The molecule has 0 atom stereocenters. The molecule has 1 rings (SSSR count). The van der Waals surface area contributed by atoms with Crippen molar-refractivity contribution < 1.29 is 4.79 Å². The van der Waals surface area contributed by atoms with Crippen LogP contribution < -0.4 is 10.6 Å². The first-order valence-corrected chi connectivity index (χ1v) is 10.6. The molecule has 0 spiro atoms. The van der Waals surface area contributed by atoms with E-state index in [1.54, 1.807) is 12.4 Å². The standard InChI is InChI=1S/C21H35N3OS/c1-2-3-4-5-6-7-8-9-10-11-12-15-20(25)24-21(26)23-18-19-14-13-16-22-17-19/h13-14,16-17H,2-12,15,18H2,1H3,(H2,23,24,25,26). The Morgan fingerprint density at radius 3 is 2.19 bits per heavy atom. The third-order valence-corrected chi connectivity index (χ3v) is 4.68. The van der Waals surface area contributed by atoms with Crippen molar-refractivity contribution in [3.05, 3.63) is 30.1 Å². The minimum atomic E-state index is 0.00427. The summed E-state index contributed by atoms with van der Waals surface area (Å²) in [4.78, 5) is 15.9. The monoisotopic (exact) mass is 377 g/mol. The van der Waals surface area contributed by atoms with E-state index in [9.17, 15) is 4.79 Å². The summed E-state index contributed by atoms with van der Waals surface area (Å²) in [5.41, 5.74) is 1.04. The van der Waals surface area contributed by atoms with Gasteiger partial charge in [-0.15, -0.1) is 0 Å². The van der Waals surface area contributed by atoms with Crippen LogP contribution in [-0.2, 0) is 11.3 Å². The van der Waals surface area contributed by atoms with Gasteiger partial charge in [0.2, 0.25) is 5.91 Å². The van der Waals surface area contributed by atoms with Crippen LogP contribution in [0.4, 0.5) is 0 Å². The number of hydrogen-bond donors (Lipinski definition) is 2. The summed E-state index contributed by atoms with van der Waals surface area (Å²) in [5, 5.41) is 6.17. The van der Waals surface area contributed by atoms with E-state index in [-0.39, 0.29) is 5.91 Å². The summed E-state index contributed by atoms with van der Waals surface area (Å²) < 4.78 is 0. The van der Waals surface area contributed by atoms with Gasteiger partial charge in [0.25, 0.3) is 0 Å². The average Bonchev–Trinajstić information content (AvgIpc) is 2.65. The fraction of sp³-hybridized carbons (Fsp3) is 0.667. The molecule has 0 fully saturated rings. The summed E-state index contributed by atoms with van der Waals surface area (Å²) in [6.45, 7) is 2.83. The predicted octanol–water partition coefficient (Wildman–Crippen LogP) is 5.27. The lowest BCUT2D eigenvalue weighted by Gasteiger charge is -2.09. The van der Waals surface area contributed by atoms with Gasteiger partial charge in [-0.25, -0.2) is 0 Å². The molecule has 1 aromatic heterocycles. The van der Waals surface area contributed by atoms with Gasteiger partial charge < -0.3 is 10.6 Å². The van der Waals surface area contributed by atoms with Gasteiger partial charge in [-0.1, -0.05) is 77.2 Å². The van der Waals surface area contributed by atoms with Crippen molar-refractivity contribution in [1.29, 1.82) is 0 Å². The molecule has 5 heteroatoms. The number of carbonyl (C=O) groups is 1. The SMILES string of the molecule is CCCCCCCCCCCCCC(=O)NC(=S)NCc1cccnc1. The number of amides is 1. The quantitative estimate of drug-likeness (QED) is 0.342. The van der Waals surface area contributed by atoms with Gasteiger partial charge in [0, 0.05) is 25.4 Å². The lowest BCUT2D eigenvalue weighted by Crippen LogP contribution is -2.38. The van der Waals surface area contributed by atoms with Gasteiger partial charge in [-0.2, -0.15) is 0 Å². The van der Waals surface area contributed by atoms with Gasteiger partial charge in [-0.3, -0.25) is 9.78 Å². The number of nitrogens with one attached hydrogen (secondary N) is 2. The molecule has 0 radical (unpaired) electrons. The zero-order valence-corrected chi connectivity index (χ0v) is 17.1. The molecule has 0 bridgehead atoms. The fourth-order valence-corrected chi connectivity index (χ4v) is 3.05. The van der Waals surface area contributed by atoms with E-state index < -0.39 is 0 Å². The van der Waals surface area contributed by atoms with Gasteiger partial charge in [0.05, 0.1) is 0 Å². The normalized spacial score (nSPS) is 10.5. The molecular formula is C21H35N3OS. The van der Waals surface area contributed by atoms with Crippen LogP contribution >= 0.6 is 12.2 Å². The molecule has 0 saturated heterocycles. The van der Waals surface area contributed by atoms with Crippen molar-refractivity contribution >= 4 is 23.2 Å². The molecule has 0 saturated carbocycles. The minimum Gasteiger partial charge on any atom is -0.358 e. The van der Waals surface area contributed by atoms with Crippen molar-refractivity contribution in [2.24, 2.45) is 0 Å². The Morgan fingerprint density at radius 2 is 1.62 bits per heavy atom. The van der Waals surface area contributed by atoms with Crippen molar-refractivity contribution in [1.82, 2.24) is 15.6 Å². The van der Waals surface area contributed by atoms with Crippen LogP contribution in [0.2, 0.25) is 0 Å². The zero-order chi connectivity index (χ0) is 18.9. The first-order valence-electron chi connectivity index (χ1n) is 10.2. The van der Waals surface area contributed by atoms with Crippen LogP contribution in [0.25, 0.3) is 0 Å². The van der Waals surface area contributed by atoms with Crippen molar-refractivity contribution in [2.45, 2.75) is 90.5 Å². The maximum Gasteiger partial charge on any atom is 0.226 e. The van der Waals surface area contributed by atoms with Gasteiger partial charge in [-0.05, 0) is 30.3 Å². The molecule has 1 heterocycles. The summed E-state index contributed by atoms with van der Waals surface area (Å²) >= 11 is 5.15. The van der Waals surface area contributed by atoms with E-state index in [0.717, 1.165) is 18.4 Å². The lowest BCUT2D eigenvalue weighted by molar-refractivity contribution is -0.119. The lowest BCUT2D eigenvalue weighted by atomic mass is 10.1. The fourth-order valence-electron chi connectivity index (χ4n) is 2.87. The highest BCUT2D eigenvalue weighted by molar-refractivity contribution is 7.80. The molecule has 4 nitrogen and oxygen atoms in total. The van der Waals surface area contributed by atoms with E-state index >= 15 is 0 Å². The maximum absolute atomic E-state index is 11.9. The number of nitrogens with zero attached hydrogens (tertiary/aromatic N) is 1. The third kappa shape index (κ3) is 12.8. The Morgan fingerprint density at radius 1 is 1.00 bits per heavy atom. The molecule has 0 aromatic carbocycles. The Hall–Kier alpha value is -1.49. The van der Waals surface area contributed by atoms with Crippen LogP contribution in [0.15, 0.2) is 24.5 Å². The molecular weight excluding hydrogens is 342 g/mol. The number of thiocarbonyl (C=S) groups is 1. The number of aromatic nitrogens is 1. The molecule has 2 N–H and O–H groups in total. The first kappa shape index (κ1) is 22.6. The number of rotatable bonds is 14. The van der Waals surface area contributed by atoms with E-state index in [0.29, 0.717) is 18.1 Å². The van der Waals surface area contributed by atoms with Crippen molar-refractivity contribution in [3.63, 3.8) is 0 Å². The van der Waals surface area contributed by atoms with Crippen LogP contribution in [0.5, 0.6) is 0 Å². The Labute approximate surface area is 164 Å².